The van der Waals surface area contributed by atoms with Crippen molar-refractivity contribution in [2.75, 3.05) is 0 Å². The fourth-order valence-corrected chi connectivity index (χ4v) is 2.00. The lowest BCUT2D eigenvalue weighted by Crippen LogP contribution is -2.11. The first-order valence-corrected chi connectivity index (χ1v) is 5.90. The van der Waals surface area contributed by atoms with Gasteiger partial charge < -0.3 is 5.11 Å². The number of halogens is 1. The first-order valence-electron chi connectivity index (χ1n) is 5.52. The van der Waals surface area contributed by atoms with Crippen LogP contribution in [0.1, 0.15) is 30.8 Å². The molecule has 1 atom stereocenters. The average molecular weight is 255 g/mol. The van der Waals surface area contributed by atoms with Gasteiger partial charge in [0.1, 0.15) is 6.10 Å². The first-order chi connectivity index (χ1) is 8.13. The molecule has 2 aromatic rings. The Hall–Kier alpha value is -1.33. The van der Waals surface area contributed by atoms with Crippen LogP contribution in [0.15, 0.2) is 18.5 Å². The van der Waals surface area contributed by atoms with Gasteiger partial charge in [-0.05, 0) is 12.5 Å². The lowest BCUT2D eigenvalue weighted by atomic mass is 10.2. The summed E-state index contributed by atoms with van der Waals surface area (Å²) >= 11 is 6.05. The van der Waals surface area contributed by atoms with Crippen LogP contribution in [-0.2, 0) is 13.6 Å². The Labute approximate surface area is 105 Å². The third-order valence-corrected chi connectivity index (χ3v) is 2.83. The summed E-state index contributed by atoms with van der Waals surface area (Å²) in [6.45, 7) is 2.78. The number of aromatic nitrogens is 4. The zero-order chi connectivity index (χ0) is 12.4. The molecule has 0 fully saturated rings. The van der Waals surface area contributed by atoms with Gasteiger partial charge in [0.15, 0.2) is 0 Å². The van der Waals surface area contributed by atoms with Crippen molar-refractivity contribution in [3.8, 4) is 0 Å². The maximum Gasteiger partial charge on any atom is 0.141 e. The quantitative estimate of drug-likeness (QED) is 0.905. The molecule has 0 aliphatic carbocycles. The van der Waals surface area contributed by atoms with E-state index in [1.54, 1.807) is 34.9 Å². The molecule has 17 heavy (non-hydrogen) atoms. The van der Waals surface area contributed by atoms with E-state index in [1.807, 2.05) is 6.92 Å². The number of hydrogen-bond acceptors (Lipinski definition) is 3. The summed E-state index contributed by atoms with van der Waals surface area (Å²) in [4.78, 5) is 0. The van der Waals surface area contributed by atoms with Gasteiger partial charge in [0, 0.05) is 19.8 Å². The van der Waals surface area contributed by atoms with Crippen LogP contribution in [0.4, 0.5) is 0 Å². The van der Waals surface area contributed by atoms with Crippen LogP contribution in [-0.4, -0.2) is 24.7 Å². The van der Waals surface area contributed by atoms with Crippen molar-refractivity contribution in [2.24, 2.45) is 7.05 Å². The second kappa shape index (κ2) is 4.89. The SMILES string of the molecule is CCCn1ncc(Cl)c1C(O)c1ccn(C)n1. The highest BCUT2D eigenvalue weighted by atomic mass is 35.5. The predicted octanol–water partition coefficient (Wildman–Crippen LogP) is 1.76. The van der Waals surface area contributed by atoms with Crippen LogP contribution in [0.3, 0.4) is 0 Å². The monoisotopic (exact) mass is 254 g/mol. The molecule has 0 aliphatic heterocycles. The van der Waals surface area contributed by atoms with Gasteiger partial charge in [-0.25, -0.2) is 0 Å². The fourth-order valence-electron chi connectivity index (χ4n) is 1.75. The Kier molecular flexibility index (Phi) is 3.49. The predicted molar refractivity (Wildman–Crippen MR) is 64.8 cm³/mol. The van der Waals surface area contributed by atoms with Gasteiger partial charge in [-0.1, -0.05) is 18.5 Å². The Morgan fingerprint density at radius 1 is 1.53 bits per heavy atom. The van der Waals surface area contributed by atoms with Crippen LogP contribution in [0, 0.1) is 0 Å². The summed E-state index contributed by atoms with van der Waals surface area (Å²) in [7, 11) is 1.81. The van der Waals surface area contributed by atoms with Crippen LogP contribution in [0.25, 0.3) is 0 Å². The fraction of sp³-hybridized carbons (Fsp3) is 0.455. The Morgan fingerprint density at radius 2 is 2.29 bits per heavy atom. The van der Waals surface area contributed by atoms with Crippen molar-refractivity contribution in [1.82, 2.24) is 19.6 Å². The van der Waals surface area contributed by atoms with Gasteiger partial charge in [0.2, 0.25) is 0 Å². The second-order valence-electron chi connectivity index (χ2n) is 3.92. The van der Waals surface area contributed by atoms with Crippen LogP contribution in [0.5, 0.6) is 0 Å². The number of hydrogen-bond donors (Lipinski definition) is 1. The minimum atomic E-state index is -0.835. The van der Waals surface area contributed by atoms with E-state index in [0.717, 1.165) is 13.0 Å². The maximum absolute atomic E-state index is 10.3. The number of aliphatic hydroxyl groups excluding tert-OH is 1. The molecule has 6 heteroatoms. The highest BCUT2D eigenvalue weighted by Gasteiger charge is 2.21. The highest BCUT2D eigenvalue weighted by Crippen LogP contribution is 2.27. The third-order valence-electron chi connectivity index (χ3n) is 2.54. The molecule has 0 aromatic carbocycles. The minimum absolute atomic E-state index is 0.469. The topological polar surface area (TPSA) is 55.9 Å². The van der Waals surface area contributed by atoms with E-state index >= 15 is 0 Å². The minimum Gasteiger partial charge on any atom is -0.380 e. The van der Waals surface area contributed by atoms with E-state index in [9.17, 15) is 5.11 Å². The molecule has 0 saturated carbocycles. The summed E-state index contributed by atoms with van der Waals surface area (Å²) in [5.41, 5.74) is 1.18. The smallest absolute Gasteiger partial charge is 0.141 e. The average Bonchev–Trinajstić information content (AvgIpc) is 2.86. The second-order valence-corrected chi connectivity index (χ2v) is 4.32. The Balaban J connectivity index is 2.35. The van der Waals surface area contributed by atoms with Gasteiger partial charge in [-0.3, -0.25) is 9.36 Å². The summed E-state index contributed by atoms with van der Waals surface area (Å²) in [5.74, 6) is 0. The molecular formula is C11H15ClN4O. The van der Waals surface area contributed by atoms with Crippen LogP contribution >= 0.6 is 11.6 Å². The molecule has 2 aromatic heterocycles. The van der Waals surface area contributed by atoms with Crippen LogP contribution < -0.4 is 0 Å². The van der Waals surface area contributed by atoms with E-state index in [4.69, 9.17) is 11.6 Å². The molecular weight excluding hydrogens is 240 g/mol. The zero-order valence-electron chi connectivity index (χ0n) is 9.84. The van der Waals surface area contributed by atoms with E-state index in [1.165, 1.54) is 0 Å². The van der Waals surface area contributed by atoms with Gasteiger partial charge in [-0.15, -0.1) is 0 Å². The highest BCUT2D eigenvalue weighted by molar-refractivity contribution is 6.31. The molecule has 1 N–H and O–H groups in total. The molecule has 0 spiro atoms. The first kappa shape index (κ1) is 12.1. The Bertz CT molecular complexity index is 505. The number of aryl methyl sites for hydroxylation is 2. The number of rotatable bonds is 4. The summed E-state index contributed by atoms with van der Waals surface area (Å²) in [6.07, 6.45) is 3.43. The molecule has 2 rings (SSSR count). The van der Waals surface area contributed by atoms with Crippen LogP contribution in [0.2, 0.25) is 5.02 Å². The molecule has 0 bridgehead atoms. The normalized spacial score (nSPS) is 12.9. The molecule has 2 heterocycles. The van der Waals surface area contributed by atoms with Gasteiger partial charge in [0.05, 0.1) is 22.6 Å². The lowest BCUT2D eigenvalue weighted by molar-refractivity contribution is 0.201. The summed E-state index contributed by atoms with van der Waals surface area (Å²) in [5, 5.41) is 19.1. The van der Waals surface area contributed by atoms with Crippen molar-refractivity contribution in [3.05, 3.63) is 34.9 Å². The van der Waals surface area contributed by atoms with E-state index in [0.29, 0.717) is 16.4 Å². The molecule has 1 unspecified atom stereocenters. The molecule has 5 nitrogen and oxygen atoms in total. The molecule has 0 aliphatic rings. The van der Waals surface area contributed by atoms with Crippen molar-refractivity contribution in [3.63, 3.8) is 0 Å². The van der Waals surface area contributed by atoms with Gasteiger partial charge in [0.25, 0.3) is 0 Å². The number of nitrogens with zero attached hydrogens (tertiary/aromatic N) is 4. The third kappa shape index (κ3) is 2.35. The van der Waals surface area contributed by atoms with Crippen molar-refractivity contribution in [1.29, 1.82) is 0 Å². The van der Waals surface area contributed by atoms with E-state index in [-0.39, 0.29) is 0 Å². The molecule has 92 valence electrons. The maximum atomic E-state index is 10.3. The summed E-state index contributed by atoms with van der Waals surface area (Å²) < 4.78 is 3.37. The van der Waals surface area contributed by atoms with Crippen molar-refractivity contribution in [2.45, 2.75) is 26.0 Å². The summed E-state index contributed by atoms with van der Waals surface area (Å²) in [6, 6.07) is 1.77. The molecule has 0 saturated heterocycles. The Morgan fingerprint density at radius 3 is 2.88 bits per heavy atom. The zero-order valence-corrected chi connectivity index (χ0v) is 10.6. The standard InChI is InChI=1S/C11H15ClN4O/c1-3-5-16-10(8(12)7-13-16)11(17)9-4-6-15(2)14-9/h4,6-7,11,17H,3,5H2,1-2H3. The van der Waals surface area contributed by atoms with E-state index < -0.39 is 6.10 Å². The van der Waals surface area contributed by atoms with E-state index in [2.05, 4.69) is 10.2 Å². The number of aliphatic hydroxyl groups is 1. The molecule has 0 radical (unpaired) electrons. The van der Waals surface area contributed by atoms with Crippen molar-refractivity contribution >= 4 is 11.6 Å². The van der Waals surface area contributed by atoms with Gasteiger partial charge >= 0.3 is 0 Å². The largest absolute Gasteiger partial charge is 0.380 e. The van der Waals surface area contributed by atoms with Gasteiger partial charge in [-0.2, -0.15) is 10.2 Å². The van der Waals surface area contributed by atoms with Crippen molar-refractivity contribution < 1.29 is 5.11 Å². The lowest BCUT2D eigenvalue weighted by Gasteiger charge is -2.11. The molecule has 0 amide bonds.